The molecular weight excluding hydrogens is 364 g/mol. The van der Waals surface area contributed by atoms with Crippen molar-refractivity contribution >= 4 is 23.6 Å². The summed E-state index contributed by atoms with van der Waals surface area (Å²) in [4.78, 5) is 14.5. The monoisotopic (exact) mass is 394 g/mol. The van der Waals surface area contributed by atoms with Gasteiger partial charge in [0.1, 0.15) is 0 Å². The van der Waals surface area contributed by atoms with Crippen LogP contribution in [0.3, 0.4) is 0 Å². The summed E-state index contributed by atoms with van der Waals surface area (Å²) in [5, 5.41) is 3.40. The van der Waals surface area contributed by atoms with Gasteiger partial charge in [0.25, 0.3) is 0 Å². The summed E-state index contributed by atoms with van der Waals surface area (Å²) in [6.07, 6.45) is 9.52. The summed E-state index contributed by atoms with van der Waals surface area (Å²) in [6, 6.07) is 3.57. The molecule has 6 heteroatoms. The van der Waals surface area contributed by atoms with E-state index in [1.165, 1.54) is 44.8 Å². The Labute approximate surface area is 167 Å². The average Bonchev–Trinajstić information content (AvgIpc) is 2.92. The first kappa shape index (κ1) is 21.6. The van der Waals surface area contributed by atoms with Gasteiger partial charge in [-0.2, -0.15) is 0 Å². The van der Waals surface area contributed by atoms with E-state index in [0.29, 0.717) is 29.7 Å². The summed E-state index contributed by atoms with van der Waals surface area (Å²) in [6.45, 7) is 6.53. The standard InChI is InChI=1S/C21H31ClN2O3/c1-3-27-19-16-17(15-18(22)21(19)26-2)9-10-20(25)23-11-8-14-24-12-6-4-5-7-13-24/h9-10,15-16H,3-8,11-14H2,1-2H3,(H,23,25)/b10-9+. The Kier molecular flexibility index (Phi) is 9.50. The van der Waals surface area contributed by atoms with Crippen molar-refractivity contribution in [3.63, 3.8) is 0 Å². The lowest BCUT2D eigenvalue weighted by atomic mass is 10.2. The number of rotatable bonds is 9. The molecule has 1 saturated heterocycles. The zero-order valence-corrected chi connectivity index (χ0v) is 17.2. The molecule has 1 aromatic rings. The second-order valence-corrected chi connectivity index (χ2v) is 7.11. The quantitative estimate of drug-likeness (QED) is 0.505. The molecule has 1 aromatic carbocycles. The van der Waals surface area contributed by atoms with Crippen LogP contribution in [-0.4, -0.2) is 50.7 Å². The molecule has 1 aliphatic rings. The number of carbonyl (C=O) groups is 1. The number of hydrogen-bond donors (Lipinski definition) is 1. The van der Waals surface area contributed by atoms with Crippen LogP contribution >= 0.6 is 11.6 Å². The number of benzene rings is 1. The molecule has 0 unspecified atom stereocenters. The highest BCUT2D eigenvalue weighted by Gasteiger charge is 2.11. The number of halogens is 1. The van der Waals surface area contributed by atoms with E-state index >= 15 is 0 Å². The first-order valence-corrected chi connectivity index (χ1v) is 10.2. The van der Waals surface area contributed by atoms with Gasteiger partial charge < -0.3 is 19.7 Å². The number of methoxy groups -OCH3 is 1. The van der Waals surface area contributed by atoms with Crippen LogP contribution in [0.4, 0.5) is 0 Å². The molecule has 1 heterocycles. The molecule has 5 nitrogen and oxygen atoms in total. The summed E-state index contributed by atoms with van der Waals surface area (Å²) in [5.41, 5.74) is 0.795. The van der Waals surface area contributed by atoms with E-state index in [2.05, 4.69) is 10.2 Å². The Morgan fingerprint density at radius 1 is 1.26 bits per heavy atom. The number of nitrogens with one attached hydrogen (secondary N) is 1. The lowest BCUT2D eigenvalue weighted by Gasteiger charge is -2.19. The van der Waals surface area contributed by atoms with Crippen LogP contribution in [-0.2, 0) is 4.79 Å². The van der Waals surface area contributed by atoms with Crippen molar-refractivity contribution in [3.05, 3.63) is 28.8 Å². The summed E-state index contributed by atoms with van der Waals surface area (Å²) in [7, 11) is 1.55. The van der Waals surface area contributed by atoms with Crippen LogP contribution in [0.5, 0.6) is 11.5 Å². The fourth-order valence-electron chi connectivity index (χ4n) is 3.25. The van der Waals surface area contributed by atoms with Crippen molar-refractivity contribution in [1.29, 1.82) is 0 Å². The predicted molar refractivity (Wildman–Crippen MR) is 111 cm³/mol. The van der Waals surface area contributed by atoms with Crippen LogP contribution in [0, 0.1) is 0 Å². The average molecular weight is 395 g/mol. The maximum absolute atomic E-state index is 12.0. The second-order valence-electron chi connectivity index (χ2n) is 6.70. The van der Waals surface area contributed by atoms with Gasteiger partial charge in [-0.1, -0.05) is 24.4 Å². The second kappa shape index (κ2) is 11.9. The summed E-state index contributed by atoms with van der Waals surface area (Å²) < 4.78 is 10.8. The van der Waals surface area contributed by atoms with Crippen molar-refractivity contribution < 1.29 is 14.3 Å². The molecule has 1 aliphatic heterocycles. The number of amides is 1. The van der Waals surface area contributed by atoms with Gasteiger partial charge in [0.2, 0.25) is 5.91 Å². The van der Waals surface area contributed by atoms with Crippen molar-refractivity contribution in [2.24, 2.45) is 0 Å². The lowest BCUT2D eigenvalue weighted by molar-refractivity contribution is -0.116. The molecular formula is C21H31ClN2O3. The van der Waals surface area contributed by atoms with Crippen LogP contribution in [0.2, 0.25) is 5.02 Å². The fraction of sp³-hybridized carbons (Fsp3) is 0.571. The minimum Gasteiger partial charge on any atom is -0.491 e. The number of carbonyl (C=O) groups excluding carboxylic acids is 1. The number of nitrogens with zero attached hydrogens (tertiary/aromatic N) is 1. The predicted octanol–water partition coefficient (Wildman–Crippen LogP) is 4.14. The molecule has 1 amide bonds. The van der Waals surface area contributed by atoms with Crippen molar-refractivity contribution in [2.45, 2.75) is 39.0 Å². The summed E-state index contributed by atoms with van der Waals surface area (Å²) in [5.74, 6) is 0.981. The Morgan fingerprint density at radius 2 is 2.00 bits per heavy atom. The Hall–Kier alpha value is -1.72. The van der Waals surface area contributed by atoms with E-state index in [9.17, 15) is 4.79 Å². The van der Waals surface area contributed by atoms with Crippen molar-refractivity contribution in [2.75, 3.05) is 39.9 Å². The molecule has 150 valence electrons. The van der Waals surface area contributed by atoms with Gasteiger partial charge in [-0.3, -0.25) is 4.79 Å². The Bertz CT molecular complexity index is 626. The molecule has 0 radical (unpaired) electrons. The van der Waals surface area contributed by atoms with E-state index in [0.717, 1.165) is 18.5 Å². The van der Waals surface area contributed by atoms with Crippen molar-refractivity contribution in [1.82, 2.24) is 10.2 Å². The van der Waals surface area contributed by atoms with Crippen LogP contribution in [0.1, 0.15) is 44.6 Å². The van der Waals surface area contributed by atoms with Gasteiger partial charge in [-0.15, -0.1) is 0 Å². The van der Waals surface area contributed by atoms with Crippen LogP contribution < -0.4 is 14.8 Å². The highest BCUT2D eigenvalue weighted by Crippen LogP contribution is 2.36. The topological polar surface area (TPSA) is 50.8 Å². The Morgan fingerprint density at radius 3 is 2.67 bits per heavy atom. The molecule has 0 aromatic heterocycles. The minimum atomic E-state index is -0.101. The van der Waals surface area contributed by atoms with Gasteiger partial charge in [-0.05, 0) is 69.6 Å². The highest BCUT2D eigenvalue weighted by molar-refractivity contribution is 6.32. The molecule has 0 bridgehead atoms. The lowest BCUT2D eigenvalue weighted by Crippen LogP contribution is -2.30. The normalized spacial score (nSPS) is 15.5. The number of likely N-dealkylation sites (tertiary alicyclic amines) is 1. The molecule has 1 fully saturated rings. The molecule has 0 spiro atoms. The van der Waals surface area contributed by atoms with Gasteiger partial charge in [0.05, 0.1) is 18.7 Å². The van der Waals surface area contributed by atoms with E-state index in [1.807, 2.05) is 13.0 Å². The third-order valence-electron chi connectivity index (χ3n) is 4.61. The zero-order valence-electron chi connectivity index (χ0n) is 16.4. The van der Waals surface area contributed by atoms with Crippen LogP contribution in [0.25, 0.3) is 6.08 Å². The maximum Gasteiger partial charge on any atom is 0.243 e. The fourth-order valence-corrected chi connectivity index (χ4v) is 3.55. The van der Waals surface area contributed by atoms with E-state index in [-0.39, 0.29) is 5.91 Å². The van der Waals surface area contributed by atoms with E-state index in [4.69, 9.17) is 21.1 Å². The molecule has 0 atom stereocenters. The molecule has 0 aliphatic carbocycles. The van der Waals surface area contributed by atoms with Gasteiger partial charge in [-0.25, -0.2) is 0 Å². The number of hydrogen-bond acceptors (Lipinski definition) is 4. The highest BCUT2D eigenvalue weighted by atomic mass is 35.5. The smallest absolute Gasteiger partial charge is 0.243 e. The first-order valence-electron chi connectivity index (χ1n) is 9.82. The minimum absolute atomic E-state index is 0.101. The van der Waals surface area contributed by atoms with E-state index in [1.54, 1.807) is 19.3 Å². The molecule has 0 saturated carbocycles. The van der Waals surface area contributed by atoms with E-state index < -0.39 is 0 Å². The molecule has 1 N–H and O–H groups in total. The zero-order chi connectivity index (χ0) is 19.5. The third kappa shape index (κ3) is 7.43. The third-order valence-corrected chi connectivity index (χ3v) is 4.89. The maximum atomic E-state index is 12.0. The van der Waals surface area contributed by atoms with Gasteiger partial charge in [0.15, 0.2) is 11.5 Å². The summed E-state index contributed by atoms with van der Waals surface area (Å²) >= 11 is 6.23. The first-order chi connectivity index (χ1) is 13.1. The number of ether oxygens (including phenoxy) is 2. The molecule has 27 heavy (non-hydrogen) atoms. The van der Waals surface area contributed by atoms with Crippen LogP contribution in [0.15, 0.2) is 18.2 Å². The largest absolute Gasteiger partial charge is 0.491 e. The SMILES string of the molecule is CCOc1cc(/C=C/C(=O)NCCCN2CCCCCC2)cc(Cl)c1OC. The molecule has 2 rings (SSSR count). The van der Waals surface area contributed by atoms with Gasteiger partial charge in [0, 0.05) is 12.6 Å². The Balaban J connectivity index is 1.80. The van der Waals surface area contributed by atoms with Crippen molar-refractivity contribution in [3.8, 4) is 11.5 Å². The van der Waals surface area contributed by atoms with Gasteiger partial charge >= 0.3 is 0 Å².